The van der Waals surface area contributed by atoms with Gasteiger partial charge in [-0.05, 0) is 49.7 Å². The zero-order valence-electron chi connectivity index (χ0n) is 11.0. The Bertz CT molecular complexity index is 384. The van der Waals surface area contributed by atoms with Crippen LogP contribution < -0.4 is 0 Å². The van der Waals surface area contributed by atoms with Crippen molar-refractivity contribution in [1.29, 1.82) is 0 Å². The Morgan fingerprint density at radius 3 is 3.00 bits per heavy atom. The van der Waals surface area contributed by atoms with Gasteiger partial charge < -0.3 is 0 Å². The topological polar surface area (TPSA) is 12.9 Å². The Hall–Kier alpha value is -0.560. The molecule has 0 saturated heterocycles. The quantitative estimate of drug-likeness (QED) is 0.719. The fraction of sp³-hybridized carbons (Fsp3) is 0.667. The standard InChI is InChI=1S/C15H22ClN/c1-11(16)10-15(2,3)13-8-4-6-12-7-5-9-17-14(12)13/h5,7,9,11,13H,4,6,8,10H2,1-3H3. The second-order valence-electron chi connectivity index (χ2n) is 5.97. The minimum absolute atomic E-state index is 0.235. The largest absolute Gasteiger partial charge is 0.261 e. The van der Waals surface area contributed by atoms with Gasteiger partial charge in [0.2, 0.25) is 0 Å². The maximum Gasteiger partial charge on any atom is 0.0471 e. The highest BCUT2D eigenvalue weighted by molar-refractivity contribution is 6.20. The molecule has 1 aliphatic rings. The predicted molar refractivity (Wildman–Crippen MR) is 73.6 cm³/mol. The van der Waals surface area contributed by atoms with E-state index in [9.17, 15) is 0 Å². The number of rotatable bonds is 3. The molecule has 1 aliphatic carbocycles. The van der Waals surface area contributed by atoms with Crippen LogP contribution in [-0.2, 0) is 6.42 Å². The second kappa shape index (κ2) is 4.97. The van der Waals surface area contributed by atoms with Crippen molar-refractivity contribution in [3.05, 3.63) is 29.6 Å². The third-order valence-corrected chi connectivity index (χ3v) is 4.10. The molecule has 2 atom stereocenters. The molecule has 0 N–H and O–H groups in total. The van der Waals surface area contributed by atoms with E-state index in [1.54, 1.807) is 0 Å². The zero-order valence-corrected chi connectivity index (χ0v) is 11.8. The Morgan fingerprint density at radius 2 is 2.29 bits per heavy atom. The van der Waals surface area contributed by atoms with Gasteiger partial charge in [0.25, 0.3) is 0 Å². The summed E-state index contributed by atoms with van der Waals surface area (Å²) in [7, 11) is 0. The summed E-state index contributed by atoms with van der Waals surface area (Å²) in [4.78, 5) is 4.63. The van der Waals surface area contributed by atoms with E-state index in [1.165, 1.54) is 30.5 Å². The number of halogens is 1. The van der Waals surface area contributed by atoms with Crippen LogP contribution in [0.2, 0.25) is 0 Å². The van der Waals surface area contributed by atoms with E-state index in [0.717, 1.165) is 6.42 Å². The first-order valence-electron chi connectivity index (χ1n) is 6.58. The van der Waals surface area contributed by atoms with Crippen molar-refractivity contribution in [2.24, 2.45) is 5.41 Å². The molecule has 0 amide bonds. The molecule has 2 rings (SSSR count). The molecule has 0 spiro atoms. The normalized spacial score (nSPS) is 22.0. The molecule has 0 aliphatic heterocycles. The van der Waals surface area contributed by atoms with Crippen LogP contribution in [0.3, 0.4) is 0 Å². The first-order valence-corrected chi connectivity index (χ1v) is 7.02. The smallest absolute Gasteiger partial charge is 0.0471 e. The van der Waals surface area contributed by atoms with E-state index >= 15 is 0 Å². The fourth-order valence-electron chi connectivity index (χ4n) is 3.24. The van der Waals surface area contributed by atoms with E-state index < -0.39 is 0 Å². The van der Waals surface area contributed by atoms with E-state index in [1.807, 2.05) is 6.20 Å². The predicted octanol–water partition coefficient (Wildman–Crippen LogP) is 4.55. The number of hydrogen-bond acceptors (Lipinski definition) is 1. The van der Waals surface area contributed by atoms with Gasteiger partial charge in [-0.1, -0.05) is 19.9 Å². The lowest BCUT2D eigenvalue weighted by Gasteiger charge is -2.38. The minimum atomic E-state index is 0.235. The second-order valence-corrected chi connectivity index (χ2v) is 6.71. The van der Waals surface area contributed by atoms with Crippen LogP contribution in [0.4, 0.5) is 0 Å². The van der Waals surface area contributed by atoms with Crippen LogP contribution >= 0.6 is 11.6 Å². The van der Waals surface area contributed by atoms with Crippen molar-refractivity contribution < 1.29 is 0 Å². The van der Waals surface area contributed by atoms with Crippen molar-refractivity contribution in [3.63, 3.8) is 0 Å². The lowest BCUT2D eigenvalue weighted by molar-refractivity contribution is 0.234. The van der Waals surface area contributed by atoms with Crippen LogP contribution in [0, 0.1) is 5.41 Å². The van der Waals surface area contributed by atoms with Gasteiger partial charge in [-0.15, -0.1) is 11.6 Å². The van der Waals surface area contributed by atoms with Gasteiger partial charge in [0.1, 0.15) is 0 Å². The fourth-order valence-corrected chi connectivity index (χ4v) is 3.64. The molecule has 0 radical (unpaired) electrons. The zero-order chi connectivity index (χ0) is 12.5. The molecule has 17 heavy (non-hydrogen) atoms. The molecule has 0 aromatic carbocycles. The highest BCUT2D eigenvalue weighted by Crippen LogP contribution is 2.45. The number of aryl methyl sites for hydroxylation is 1. The molecule has 94 valence electrons. The van der Waals surface area contributed by atoms with Gasteiger partial charge in [-0.2, -0.15) is 0 Å². The average Bonchev–Trinajstić information content (AvgIpc) is 2.26. The highest BCUT2D eigenvalue weighted by Gasteiger charge is 2.35. The van der Waals surface area contributed by atoms with E-state index in [0.29, 0.717) is 5.92 Å². The molecule has 2 heteroatoms. The maximum absolute atomic E-state index is 6.19. The molecule has 1 nitrogen and oxygen atoms in total. The van der Waals surface area contributed by atoms with Crippen molar-refractivity contribution >= 4 is 11.6 Å². The summed E-state index contributed by atoms with van der Waals surface area (Å²) < 4.78 is 0. The van der Waals surface area contributed by atoms with Crippen LogP contribution in [0.25, 0.3) is 0 Å². The summed E-state index contributed by atoms with van der Waals surface area (Å²) in [5, 5.41) is 0.235. The molecule has 2 unspecified atom stereocenters. The summed E-state index contributed by atoms with van der Waals surface area (Å²) in [5.74, 6) is 0.564. The number of aromatic nitrogens is 1. The number of nitrogens with zero attached hydrogens (tertiary/aromatic N) is 1. The van der Waals surface area contributed by atoms with Crippen LogP contribution in [0.1, 0.15) is 57.2 Å². The third-order valence-electron chi connectivity index (χ3n) is 3.95. The van der Waals surface area contributed by atoms with Gasteiger partial charge in [0, 0.05) is 23.2 Å². The molecule has 1 aromatic rings. The number of pyridine rings is 1. The summed E-state index contributed by atoms with van der Waals surface area (Å²) in [5.41, 5.74) is 3.00. The van der Waals surface area contributed by atoms with Crippen molar-refractivity contribution in [1.82, 2.24) is 4.98 Å². The monoisotopic (exact) mass is 251 g/mol. The van der Waals surface area contributed by atoms with E-state index in [-0.39, 0.29) is 10.8 Å². The van der Waals surface area contributed by atoms with Gasteiger partial charge >= 0.3 is 0 Å². The molecule has 1 heterocycles. The highest BCUT2D eigenvalue weighted by atomic mass is 35.5. The summed E-state index contributed by atoms with van der Waals surface area (Å²) >= 11 is 6.19. The summed E-state index contributed by atoms with van der Waals surface area (Å²) in [6, 6.07) is 4.28. The lowest BCUT2D eigenvalue weighted by atomic mass is 9.68. The SMILES string of the molecule is CC(Cl)CC(C)(C)C1CCCc2cccnc21. The van der Waals surface area contributed by atoms with Gasteiger partial charge in [-0.3, -0.25) is 4.98 Å². The van der Waals surface area contributed by atoms with Crippen molar-refractivity contribution in [3.8, 4) is 0 Å². The Kier molecular flexibility index (Phi) is 3.77. The minimum Gasteiger partial charge on any atom is -0.261 e. The Morgan fingerprint density at radius 1 is 1.53 bits per heavy atom. The average molecular weight is 252 g/mol. The van der Waals surface area contributed by atoms with Crippen molar-refractivity contribution in [2.75, 3.05) is 0 Å². The van der Waals surface area contributed by atoms with Gasteiger partial charge in [-0.25, -0.2) is 0 Å². The lowest BCUT2D eigenvalue weighted by Crippen LogP contribution is -2.28. The van der Waals surface area contributed by atoms with Crippen molar-refractivity contribution in [2.45, 2.75) is 57.7 Å². The molecule has 0 bridgehead atoms. The Labute approximate surface area is 110 Å². The third kappa shape index (κ3) is 2.82. The Balaban J connectivity index is 2.29. The van der Waals surface area contributed by atoms with Gasteiger partial charge in [0.05, 0.1) is 0 Å². The first-order chi connectivity index (χ1) is 8.00. The summed E-state index contributed by atoms with van der Waals surface area (Å²) in [6.07, 6.45) is 6.70. The summed E-state index contributed by atoms with van der Waals surface area (Å²) in [6.45, 7) is 6.76. The molecule has 0 fully saturated rings. The van der Waals surface area contributed by atoms with Gasteiger partial charge in [0.15, 0.2) is 0 Å². The molecular formula is C15H22ClN. The van der Waals surface area contributed by atoms with Crippen LogP contribution in [-0.4, -0.2) is 10.4 Å². The maximum atomic E-state index is 6.19. The molecular weight excluding hydrogens is 230 g/mol. The van der Waals surface area contributed by atoms with E-state index in [4.69, 9.17) is 11.6 Å². The molecule has 1 aromatic heterocycles. The van der Waals surface area contributed by atoms with Crippen LogP contribution in [0.15, 0.2) is 18.3 Å². The van der Waals surface area contributed by atoms with Crippen LogP contribution in [0.5, 0.6) is 0 Å². The number of fused-ring (bicyclic) bond motifs is 1. The number of hydrogen-bond donors (Lipinski definition) is 0. The molecule has 0 saturated carbocycles. The van der Waals surface area contributed by atoms with E-state index in [2.05, 4.69) is 37.9 Å². The number of alkyl halides is 1. The first kappa shape index (κ1) is 12.9.